The zero-order valence-corrected chi connectivity index (χ0v) is 31.3. The fourth-order valence-corrected chi connectivity index (χ4v) is 6.91. The molecule has 5 rings (SSSR count). The van der Waals surface area contributed by atoms with Crippen LogP contribution < -0.4 is 11.1 Å². The van der Waals surface area contributed by atoms with Crippen LogP contribution in [0.1, 0.15) is 91.8 Å². The number of carbonyl (C=O) groups excluding carboxylic acids is 5. The fourth-order valence-electron chi connectivity index (χ4n) is 6.43. The molecule has 3 aromatic rings. The number of nitrogens with zero attached hydrogens (tertiary/aromatic N) is 2. The Balaban J connectivity index is 1.33. The second-order valence-corrected chi connectivity index (χ2v) is 15.9. The Morgan fingerprint density at radius 3 is 2.34 bits per heavy atom. The van der Waals surface area contributed by atoms with Crippen molar-refractivity contribution in [3.63, 3.8) is 0 Å². The van der Waals surface area contributed by atoms with Crippen molar-refractivity contribution in [3.05, 3.63) is 82.6 Å². The predicted octanol–water partition coefficient (Wildman–Crippen LogP) is 4.36. The van der Waals surface area contributed by atoms with Gasteiger partial charge in [-0.3, -0.25) is 28.5 Å². The number of aromatic nitrogens is 1. The van der Waals surface area contributed by atoms with Gasteiger partial charge < -0.3 is 35.5 Å². The van der Waals surface area contributed by atoms with Crippen LogP contribution in [0.15, 0.2) is 65.2 Å². The molecule has 0 bridgehead atoms. The summed E-state index contributed by atoms with van der Waals surface area (Å²) in [6.45, 7) is 10.3. The summed E-state index contributed by atoms with van der Waals surface area (Å²) < 4.78 is 17.6. The Morgan fingerprint density at radius 1 is 1.02 bits per heavy atom. The molecule has 2 heterocycles. The third-order valence-electron chi connectivity index (χ3n) is 9.43. The summed E-state index contributed by atoms with van der Waals surface area (Å²) in [6, 6.07) is 11.4. The molecule has 2 aromatic carbocycles. The highest BCUT2D eigenvalue weighted by atomic mass is 31.2. The summed E-state index contributed by atoms with van der Waals surface area (Å²) in [5.41, 5.74) is 7.63. The highest BCUT2D eigenvalue weighted by Gasteiger charge is 2.50. The van der Waals surface area contributed by atoms with Crippen LogP contribution in [0.25, 0.3) is 10.9 Å². The minimum absolute atomic E-state index is 0.0170. The molecule has 2 aliphatic rings. The van der Waals surface area contributed by atoms with Crippen LogP contribution in [0.4, 0.5) is 0 Å². The molecule has 15 heteroatoms. The molecule has 53 heavy (non-hydrogen) atoms. The van der Waals surface area contributed by atoms with Crippen molar-refractivity contribution in [1.29, 1.82) is 0 Å². The summed E-state index contributed by atoms with van der Waals surface area (Å²) in [5, 5.41) is 3.16. The molecule has 0 radical (unpaired) electrons. The van der Waals surface area contributed by atoms with Gasteiger partial charge in [-0.1, -0.05) is 58.0 Å². The van der Waals surface area contributed by atoms with Gasteiger partial charge in [0.1, 0.15) is 17.8 Å². The molecule has 4 atom stereocenters. The molecule has 1 aliphatic heterocycles. The standard InChI is InChI=1S/C38H46N5O9P/c1-20(2)14-32(42-35(45)31-17-26-15-25(10-11-30(26)40-31)38(48)53(49,50)51)37(47)43-18-27-16-28(27)34(43)36(46)41-29(12-13-33(39)44)22(5)52-19-23-6-8-24(9-7-23)21(3)4/h6-11,15-17,20-22,27,32,34,40H,12-14,18-19H2,1-5H3,(H2,39,44)(H,42,45)(H2,49,50,51)/t22-,27-,32+,34+/m1/s1. The number of benzene rings is 2. The van der Waals surface area contributed by atoms with E-state index in [4.69, 9.17) is 10.5 Å². The number of carbonyl (C=O) groups is 5. The largest absolute Gasteiger partial charge is 0.396 e. The maximum Gasteiger partial charge on any atom is 0.396 e. The highest BCUT2D eigenvalue weighted by molar-refractivity contribution is 7.70. The molecule has 1 saturated heterocycles. The van der Waals surface area contributed by atoms with Crippen molar-refractivity contribution in [2.24, 2.45) is 22.6 Å². The number of fused-ring (bicyclic) bond motifs is 2. The average molecular weight is 748 g/mol. The maximum atomic E-state index is 14.2. The van der Waals surface area contributed by atoms with E-state index < -0.39 is 54.9 Å². The zero-order valence-electron chi connectivity index (χ0n) is 30.4. The number of aromatic amines is 1. The van der Waals surface area contributed by atoms with Gasteiger partial charge in [-0.25, -0.2) is 4.99 Å². The molecule has 1 fully saturated rings. The lowest BCUT2D eigenvalue weighted by atomic mass is 10.0. The molecule has 0 saturated carbocycles. The number of hydrogen-bond acceptors (Lipinski definition) is 7. The van der Waals surface area contributed by atoms with E-state index in [0.717, 1.165) is 11.1 Å². The monoisotopic (exact) mass is 747 g/mol. The van der Waals surface area contributed by atoms with Crippen LogP contribution in [-0.4, -0.2) is 79.3 Å². The van der Waals surface area contributed by atoms with Crippen molar-refractivity contribution in [3.8, 4) is 0 Å². The quantitative estimate of drug-likeness (QED) is 0.0797. The van der Waals surface area contributed by atoms with Crippen molar-refractivity contribution in [2.45, 2.75) is 84.6 Å². The van der Waals surface area contributed by atoms with Gasteiger partial charge in [-0.2, -0.15) is 0 Å². The number of aliphatic imine (C=N–C) groups is 1. The van der Waals surface area contributed by atoms with E-state index in [1.807, 2.05) is 44.2 Å². The SMILES string of the molecule is CC(C)C[C@H](NC(=O)c1cc2cc(C(=O)P(=O)(O)O)ccc2[nH]1)C(=O)N1C[C@H]2C=C2[C@H]1C(=O)N=C(CCC(N)=O)[C@@H](C)OCc1ccc(C(C)C)cc1. The van der Waals surface area contributed by atoms with E-state index in [0.29, 0.717) is 22.5 Å². The summed E-state index contributed by atoms with van der Waals surface area (Å²) in [6.07, 6.45) is 1.61. The molecular weight excluding hydrogens is 701 g/mol. The highest BCUT2D eigenvalue weighted by Crippen LogP contribution is 2.43. The van der Waals surface area contributed by atoms with Gasteiger partial charge >= 0.3 is 7.60 Å². The van der Waals surface area contributed by atoms with E-state index in [1.165, 1.54) is 34.7 Å². The molecule has 0 spiro atoms. The van der Waals surface area contributed by atoms with Crippen LogP contribution in [-0.2, 0) is 30.3 Å². The van der Waals surface area contributed by atoms with Gasteiger partial charge in [-0.15, -0.1) is 0 Å². The molecular formula is C38H46N5O9P. The zero-order chi connectivity index (χ0) is 38.8. The van der Waals surface area contributed by atoms with Gasteiger partial charge in [0.15, 0.2) is 0 Å². The molecule has 14 nitrogen and oxygen atoms in total. The van der Waals surface area contributed by atoms with Crippen molar-refractivity contribution in [1.82, 2.24) is 15.2 Å². The number of likely N-dealkylation sites (tertiary alicyclic amines) is 1. The van der Waals surface area contributed by atoms with Crippen LogP contribution in [0.3, 0.4) is 0 Å². The fraction of sp³-hybridized carbons (Fsp3) is 0.421. The Hall–Kier alpha value is -4.75. The smallest absolute Gasteiger partial charge is 0.370 e. The van der Waals surface area contributed by atoms with E-state index in [-0.39, 0.29) is 55.5 Å². The van der Waals surface area contributed by atoms with Crippen molar-refractivity contribution in [2.75, 3.05) is 6.54 Å². The number of rotatable bonds is 16. The second kappa shape index (κ2) is 16.1. The first kappa shape index (κ1) is 39.5. The summed E-state index contributed by atoms with van der Waals surface area (Å²) >= 11 is 0. The Kier molecular flexibility index (Phi) is 12.0. The van der Waals surface area contributed by atoms with Gasteiger partial charge in [-0.05, 0) is 72.6 Å². The number of H-pyrrole nitrogens is 1. The number of nitrogens with two attached hydrogens (primary N) is 1. The van der Waals surface area contributed by atoms with Gasteiger partial charge in [0, 0.05) is 35.3 Å². The summed E-state index contributed by atoms with van der Waals surface area (Å²) in [5.74, 6) is -1.91. The number of ether oxygens (including phenoxy) is 1. The maximum absolute atomic E-state index is 14.2. The molecule has 1 aliphatic carbocycles. The topological polar surface area (TPSA) is 222 Å². The third-order valence-corrected chi connectivity index (χ3v) is 10.2. The number of amides is 4. The minimum atomic E-state index is -5.01. The lowest BCUT2D eigenvalue weighted by Gasteiger charge is -2.29. The predicted molar refractivity (Wildman–Crippen MR) is 198 cm³/mol. The Bertz CT molecular complexity index is 2030. The van der Waals surface area contributed by atoms with E-state index in [1.54, 1.807) is 6.92 Å². The summed E-state index contributed by atoms with van der Waals surface area (Å²) in [4.78, 5) is 92.7. The average Bonchev–Trinajstić information content (AvgIpc) is 3.54. The van der Waals surface area contributed by atoms with Crippen molar-refractivity contribution >= 4 is 53.4 Å². The third kappa shape index (κ3) is 9.63. The van der Waals surface area contributed by atoms with Gasteiger partial charge in [0.2, 0.25) is 11.8 Å². The van der Waals surface area contributed by atoms with Crippen LogP contribution in [0, 0.1) is 11.8 Å². The lowest BCUT2D eigenvalue weighted by Crippen LogP contribution is -2.52. The van der Waals surface area contributed by atoms with Crippen LogP contribution in [0.2, 0.25) is 0 Å². The van der Waals surface area contributed by atoms with E-state index in [9.17, 15) is 38.3 Å². The first-order chi connectivity index (χ1) is 24.9. The minimum Gasteiger partial charge on any atom is -0.370 e. The first-order valence-electron chi connectivity index (χ1n) is 17.6. The number of hydrogen-bond donors (Lipinski definition) is 5. The first-order valence-corrected chi connectivity index (χ1v) is 19.2. The lowest BCUT2D eigenvalue weighted by molar-refractivity contribution is -0.138. The Labute approximate surface area is 307 Å². The van der Waals surface area contributed by atoms with Crippen LogP contribution in [0.5, 0.6) is 0 Å². The summed E-state index contributed by atoms with van der Waals surface area (Å²) in [7, 11) is -5.01. The molecule has 4 amide bonds. The van der Waals surface area contributed by atoms with E-state index in [2.05, 4.69) is 29.1 Å². The number of nitrogens with one attached hydrogen (secondary N) is 2. The van der Waals surface area contributed by atoms with Gasteiger partial charge in [0.25, 0.3) is 17.3 Å². The molecule has 1 aromatic heterocycles. The number of primary amides is 1. The normalized spacial score (nSPS) is 18.2. The second-order valence-electron chi connectivity index (χ2n) is 14.4. The van der Waals surface area contributed by atoms with Gasteiger partial charge in [0.05, 0.1) is 18.4 Å². The molecule has 0 unspecified atom stereocenters. The van der Waals surface area contributed by atoms with E-state index >= 15 is 0 Å². The molecule has 282 valence electrons. The van der Waals surface area contributed by atoms with Crippen LogP contribution >= 0.6 is 7.60 Å². The molecule has 6 N–H and O–H groups in total. The van der Waals surface area contributed by atoms with Crippen molar-refractivity contribution < 1.29 is 43.1 Å². The Morgan fingerprint density at radius 2 is 1.72 bits per heavy atom.